The third-order valence-corrected chi connectivity index (χ3v) is 7.74. The third-order valence-electron chi connectivity index (χ3n) is 6.26. The highest BCUT2D eigenvalue weighted by Gasteiger charge is 2.35. The van der Waals surface area contributed by atoms with Crippen LogP contribution in [-0.4, -0.2) is 31.4 Å². The highest BCUT2D eigenvalue weighted by molar-refractivity contribution is 9.10. The smallest absolute Gasteiger partial charge is 0.338 e. The largest absolute Gasteiger partial charge is 0.497 e. The number of methoxy groups -OCH3 is 2. The van der Waals surface area contributed by atoms with Gasteiger partial charge in [-0.05, 0) is 50.2 Å². The van der Waals surface area contributed by atoms with Crippen molar-refractivity contribution in [1.29, 1.82) is 0 Å². The summed E-state index contributed by atoms with van der Waals surface area (Å²) in [5.74, 6) is 1.71. The van der Waals surface area contributed by atoms with Gasteiger partial charge in [0.1, 0.15) is 29.1 Å². The van der Waals surface area contributed by atoms with Crippen molar-refractivity contribution in [3.8, 4) is 22.8 Å². The maximum absolute atomic E-state index is 13.9. The molecule has 0 radical (unpaired) electrons. The lowest BCUT2D eigenvalue weighted by Crippen LogP contribution is -2.40. The fourth-order valence-corrected chi connectivity index (χ4v) is 5.91. The number of fused-ring (bicyclic) bond motifs is 1. The molecule has 8 nitrogen and oxygen atoms in total. The number of furan rings is 1. The predicted molar refractivity (Wildman–Crippen MR) is 152 cm³/mol. The van der Waals surface area contributed by atoms with Gasteiger partial charge in [0.2, 0.25) is 0 Å². The summed E-state index contributed by atoms with van der Waals surface area (Å²) in [5.41, 5.74) is 1.95. The van der Waals surface area contributed by atoms with Crippen LogP contribution in [0.1, 0.15) is 31.2 Å². The lowest BCUT2D eigenvalue weighted by molar-refractivity contribution is -0.139. The van der Waals surface area contributed by atoms with Gasteiger partial charge in [0.05, 0.1) is 36.6 Å². The van der Waals surface area contributed by atoms with Crippen molar-refractivity contribution in [2.24, 2.45) is 4.99 Å². The van der Waals surface area contributed by atoms with Gasteiger partial charge < -0.3 is 18.6 Å². The molecule has 2 aromatic heterocycles. The fourth-order valence-electron chi connectivity index (χ4n) is 4.49. The van der Waals surface area contributed by atoms with Gasteiger partial charge in [-0.3, -0.25) is 9.36 Å². The van der Waals surface area contributed by atoms with E-state index in [2.05, 4.69) is 20.9 Å². The minimum absolute atomic E-state index is 0.186. The molecule has 0 spiro atoms. The van der Waals surface area contributed by atoms with E-state index in [1.165, 1.54) is 23.0 Å². The molecular weight excluding hydrogens is 584 g/mol. The number of halogens is 1. The number of rotatable bonds is 7. The summed E-state index contributed by atoms with van der Waals surface area (Å²) >= 11 is 4.70. The Morgan fingerprint density at radius 2 is 1.97 bits per heavy atom. The van der Waals surface area contributed by atoms with Gasteiger partial charge in [-0.25, -0.2) is 9.79 Å². The van der Waals surface area contributed by atoms with Gasteiger partial charge in [-0.15, -0.1) is 0 Å². The first-order chi connectivity index (χ1) is 18.8. The van der Waals surface area contributed by atoms with E-state index in [-0.39, 0.29) is 17.7 Å². The minimum Gasteiger partial charge on any atom is -0.497 e. The van der Waals surface area contributed by atoms with Crippen molar-refractivity contribution >= 4 is 39.3 Å². The maximum atomic E-state index is 13.9. The van der Waals surface area contributed by atoms with Crippen LogP contribution in [0.4, 0.5) is 0 Å². The van der Waals surface area contributed by atoms with Crippen LogP contribution in [0.3, 0.4) is 0 Å². The molecule has 4 aromatic rings. The average molecular weight is 609 g/mol. The van der Waals surface area contributed by atoms with E-state index in [0.29, 0.717) is 43.6 Å². The highest BCUT2D eigenvalue weighted by atomic mass is 79.9. The van der Waals surface area contributed by atoms with E-state index in [1.807, 2.05) is 36.4 Å². The van der Waals surface area contributed by atoms with Crippen molar-refractivity contribution in [2.45, 2.75) is 19.9 Å². The predicted octanol–water partition coefficient (Wildman–Crippen LogP) is 4.84. The number of thiazole rings is 1. The standard InChI is InChI=1S/C29H25BrN2O6S/c1-5-37-28(34)25-16(2)31-29-32(26(25)21-11-9-19(35-3)14-23(21)36-4)27(33)24(39-29)15-20-10-12-22(38-20)17-7-6-8-18(30)13-17/h6-15,26H,5H2,1-4H3/b24-15-/t26-/m0/s1. The van der Waals surface area contributed by atoms with E-state index in [4.69, 9.17) is 18.6 Å². The van der Waals surface area contributed by atoms with E-state index < -0.39 is 12.0 Å². The molecule has 0 bridgehead atoms. The second-order valence-electron chi connectivity index (χ2n) is 8.62. The number of benzene rings is 2. The molecule has 3 heterocycles. The number of hydrogen-bond donors (Lipinski definition) is 0. The molecule has 0 saturated heterocycles. The van der Waals surface area contributed by atoms with Crippen LogP contribution in [0.2, 0.25) is 0 Å². The number of esters is 1. The molecule has 39 heavy (non-hydrogen) atoms. The van der Waals surface area contributed by atoms with Gasteiger partial charge >= 0.3 is 5.97 Å². The van der Waals surface area contributed by atoms with E-state index in [1.54, 1.807) is 45.2 Å². The summed E-state index contributed by atoms with van der Waals surface area (Å²) in [6.07, 6.45) is 1.69. The normalized spacial score (nSPS) is 15.1. The van der Waals surface area contributed by atoms with Gasteiger partial charge in [-0.1, -0.05) is 39.4 Å². The molecule has 0 amide bonds. The number of nitrogens with zero attached hydrogens (tertiary/aromatic N) is 2. The van der Waals surface area contributed by atoms with Crippen molar-refractivity contribution in [1.82, 2.24) is 4.57 Å². The Labute approximate surface area is 236 Å². The van der Waals surface area contributed by atoms with Crippen LogP contribution < -0.4 is 24.4 Å². The Kier molecular flexibility index (Phi) is 7.58. The maximum Gasteiger partial charge on any atom is 0.338 e. The molecule has 10 heteroatoms. The van der Waals surface area contributed by atoms with Crippen molar-refractivity contribution in [2.75, 3.05) is 20.8 Å². The molecule has 1 aliphatic heterocycles. The summed E-state index contributed by atoms with van der Waals surface area (Å²) < 4.78 is 25.3. The SMILES string of the molecule is CCOC(=O)C1=C(C)N=c2s/c(=C\c3ccc(-c4cccc(Br)c4)o3)c(=O)n2[C@H]1c1ccc(OC)cc1OC. The zero-order valence-corrected chi connectivity index (χ0v) is 24.1. The van der Waals surface area contributed by atoms with Gasteiger partial charge in [0, 0.05) is 27.7 Å². The highest BCUT2D eigenvalue weighted by Crippen LogP contribution is 2.37. The number of aromatic nitrogens is 1. The molecule has 0 saturated carbocycles. The van der Waals surface area contributed by atoms with Crippen LogP contribution in [-0.2, 0) is 9.53 Å². The first-order valence-electron chi connectivity index (χ1n) is 12.1. The van der Waals surface area contributed by atoms with E-state index >= 15 is 0 Å². The van der Waals surface area contributed by atoms with Crippen LogP contribution in [0.25, 0.3) is 17.4 Å². The minimum atomic E-state index is -0.808. The molecule has 2 aromatic carbocycles. The quantitative estimate of drug-likeness (QED) is 0.279. The molecule has 0 unspecified atom stereocenters. The molecule has 0 fully saturated rings. The first kappa shape index (κ1) is 26.7. The number of carbonyl (C=O) groups is 1. The second kappa shape index (κ2) is 11.1. The molecule has 5 rings (SSSR count). The van der Waals surface area contributed by atoms with Crippen molar-refractivity contribution < 1.29 is 23.4 Å². The molecule has 0 aliphatic carbocycles. The third kappa shape index (κ3) is 5.09. The van der Waals surface area contributed by atoms with Crippen LogP contribution >= 0.6 is 27.3 Å². The molecule has 1 aliphatic rings. The number of ether oxygens (including phenoxy) is 3. The topological polar surface area (TPSA) is 92.3 Å². The number of allylic oxidation sites excluding steroid dienone is 1. The number of carbonyl (C=O) groups excluding carboxylic acids is 1. The molecule has 1 atom stereocenters. The average Bonchev–Trinajstić information content (AvgIpc) is 3.52. The Bertz CT molecular complexity index is 1780. The first-order valence-corrected chi connectivity index (χ1v) is 13.7. The monoisotopic (exact) mass is 608 g/mol. The lowest BCUT2D eigenvalue weighted by atomic mass is 9.95. The van der Waals surface area contributed by atoms with Gasteiger partial charge in [0.25, 0.3) is 5.56 Å². The van der Waals surface area contributed by atoms with Crippen LogP contribution in [0.15, 0.2) is 84.5 Å². The number of hydrogen-bond acceptors (Lipinski definition) is 8. The molecule has 0 N–H and O–H groups in total. The molecular formula is C29H25BrN2O6S. The Morgan fingerprint density at radius 1 is 1.15 bits per heavy atom. The fraction of sp³-hybridized carbons (Fsp3) is 0.207. The summed E-state index contributed by atoms with van der Waals surface area (Å²) in [5, 5.41) is 0. The zero-order chi connectivity index (χ0) is 27.7. The van der Waals surface area contributed by atoms with Crippen LogP contribution in [0, 0.1) is 0 Å². The van der Waals surface area contributed by atoms with Crippen LogP contribution in [0.5, 0.6) is 11.5 Å². The summed E-state index contributed by atoms with van der Waals surface area (Å²) in [7, 11) is 3.09. The van der Waals surface area contributed by atoms with E-state index in [9.17, 15) is 9.59 Å². The Hall–Kier alpha value is -3.89. The van der Waals surface area contributed by atoms with E-state index in [0.717, 1.165) is 10.0 Å². The van der Waals surface area contributed by atoms with Gasteiger partial charge in [0.15, 0.2) is 4.80 Å². The molecule has 200 valence electrons. The summed E-state index contributed by atoms with van der Waals surface area (Å²) in [6, 6.07) is 15.9. The zero-order valence-electron chi connectivity index (χ0n) is 21.7. The van der Waals surface area contributed by atoms with Crippen molar-refractivity contribution in [3.05, 3.63) is 101 Å². The Balaban J connectivity index is 1.67. The summed E-state index contributed by atoms with van der Waals surface area (Å²) in [6.45, 7) is 3.66. The van der Waals surface area contributed by atoms with Crippen molar-refractivity contribution in [3.63, 3.8) is 0 Å². The second-order valence-corrected chi connectivity index (χ2v) is 10.5. The lowest BCUT2D eigenvalue weighted by Gasteiger charge is -2.26. The van der Waals surface area contributed by atoms with Gasteiger partial charge in [-0.2, -0.15) is 0 Å². The Morgan fingerprint density at radius 3 is 2.69 bits per heavy atom. The summed E-state index contributed by atoms with van der Waals surface area (Å²) in [4.78, 5) is 32.1.